The van der Waals surface area contributed by atoms with Crippen LogP contribution in [-0.4, -0.2) is 4.89 Å². The minimum absolute atomic E-state index is 0. The first kappa shape index (κ1) is 17.2. The predicted octanol–water partition coefficient (Wildman–Crippen LogP) is 4.52. The molecule has 0 fully saturated rings. The summed E-state index contributed by atoms with van der Waals surface area (Å²) in [5.74, 6) is 0.573. The van der Waals surface area contributed by atoms with Crippen LogP contribution < -0.4 is 9.05 Å². The Hall–Kier alpha value is -1.77. The maximum atomic E-state index is 11.7. The van der Waals surface area contributed by atoms with E-state index in [1.165, 1.54) is 0 Å². The summed E-state index contributed by atoms with van der Waals surface area (Å²) in [5.41, 5.74) is 0. The average Bonchev–Trinajstić information content (AvgIpc) is 2.30. The first-order chi connectivity index (χ1) is 8.16. The molecule has 0 aromatic heterocycles. The van der Waals surface area contributed by atoms with Crippen molar-refractivity contribution in [3.63, 3.8) is 0 Å². The summed E-state index contributed by atoms with van der Waals surface area (Å²) in [6, 6.07) is 16.7. The van der Waals surface area contributed by atoms with Crippen LogP contribution in [0.1, 0.15) is 14.9 Å². The van der Waals surface area contributed by atoms with Crippen LogP contribution in [0.2, 0.25) is 0 Å². The van der Waals surface area contributed by atoms with Gasteiger partial charge in [0.1, 0.15) is 11.5 Å². The lowest BCUT2D eigenvalue weighted by molar-refractivity contribution is 0.291. The summed E-state index contributed by atoms with van der Waals surface area (Å²) in [7, 11) is -4.14. The molecule has 0 amide bonds. The molecule has 0 atom stereocenters. The minimum Gasteiger partial charge on any atom is -0.395 e. The number of rotatable bonds is 4. The van der Waals surface area contributed by atoms with E-state index in [0.717, 1.165) is 0 Å². The van der Waals surface area contributed by atoms with Crippen molar-refractivity contribution in [1.29, 1.82) is 0 Å². The van der Waals surface area contributed by atoms with Crippen LogP contribution in [0.3, 0.4) is 0 Å². The molecular weight excluding hydrogens is 263 g/mol. The summed E-state index contributed by atoms with van der Waals surface area (Å²) in [6.07, 6.45) is 0. The van der Waals surface area contributed by atoms with E-state index in [9.17, 15) is 9.46 Å². The molecule has 19 heavy (non-hydrogen) atoms. The molecular formula is C14H19O4P. The Labute approximate surface area is 114 Å². The second kappa shape index (κ2) is 7.62. The molecule has 0 bridgehead atoms. The fourth-order valence-corrected chi connectivity index (χ4v) is 2.06. The number of benzene rings is 2. The third-order valence-corrected chi connectivity index (χ3v) is 2.81. The molecule has 0 saturated carbocycles. The zero-order valence-corrected chi connectivity index (χ0v) is 9.79. The van der Waals surface area contributed by atoms with Gasteiger partial charge in [0.25, 0.3) is 0 Å². The van der Waals surface area contributed by atoms with Crippen LogP contribution in [-0.2, 0) is 4.57 Å². The number of para-hydroxylation sites is 2. The molecule has 0 spiro atoms. The van der Waals surface area contributed by atoms with Gasteiger partial charge in [0.2, 0.25) is 0 Å². The molecule has 0 heterocycles. The molecule has 2 aromatic rings. The molecule has 0 saturated heterocycles. The fraction of sp³-hybridized carbons (Fsp3) is 0.143. The lowest BCUT2D eigenvalue weighted by Gasteiger charge is -2.13. The van der Waals surface area contributed by atoms with Gasteiger partial charge in [-0.25, -0.2) is 4.57 Å². The predicted molar refractivity (Wildman–Crippen MR) is 77.4 cm³/mol. The number of hydrogen-bond donors (Lipinski definition) is 1. The molecule has 2 rings (SSSR count). The molecule has 0 aliphatic heterocycles. The number of phosphoric ester groups is 1. The van der Waals surface area contributed by atoms with Gasteiger partial charge in [0.05, 0.1) is 0 Å². The van der Waals surface area contributed by atoms with Crippen LogP contribution in [0, 0.1) is 0 Å². The van der Waals surface area contributed by atoms with Crippen LogP contribution in [0.4, 0.5) is 0 Å². The van der Waals surface area contributed by atoms with E-state index in [-0.39, 0.29) is 26.4 Å². The van der Waals surface area contributed by atoms with Gasteiger partial charge in [-0.3, -0.25) is 4.89 Å². The van der Waals surface area contributed by atoms with Crippen molar-refractivity contribution in [3.8, 4) is 11.5 Å². The zero-order chi connectivity index (χ0) is 12.1. The van der Waals surface area contributed by atoms with Gasteiger partial charge in [0.15, 0.2) is 0 Å². The summed E-state index contributed by atoms with van der Waals surface area (Å²) < 4.78 is 21.5. The summed E-state index contributed by atoms with van der Waals surface area (Å²) >= 11 is 0. The van der Waals surface area contributed by atoms with Crippen LogP contribution in [0.25, 0.3) is 0 Å². The molecule has 2 aromatic carbocycles. The van der Waals surface area contributed by atoms with Crippen molar-refractivity contribution in [2.24, 2.45) is 0 Å². The van der Waals surface area contributed by atoms with E-state index in [2.05, 4.69) is 0 Å². The molecule has 0 aliphatic rings. The van der Waals surface area contributed by atoms with E-state index in [1.807, 2.05) is 0 Å². The normalized spacial score (nSPS) is 9.74. The molecule has 0 radical (unpaired) electrons. The molecule has 0 unspecified atom stereocenters. The number of phosphoric acid groups is 1. The molecule has 4 nitrogen and oxygen atoms in total. The summed E-state index contributed by atoms with van der Waals surface area (Å²) in [5, 5.41) is 0. The van der Waals surface area contributed by atoms with E-state index in [4.69, 9.17) is 9.05 Å². The quantitative estimate of drug-likeness (QED) is 0.838. The van der Waals surface area contributed by atoms with E-state index in [1.54, 1.807) is 60.7 Å². The largest absolute Gasteiger partial charge is 0.584 e. The van der Waals surface area contributed by atoms with Crippen LogP contribution >= 0.6 is 7.82 Å². The maximum Gasteiger partial charge on any atom is 0.584 e. The standard InChI is InChI=1S/C12H11O4P.2CH4/c13-17(14,15-11-7-3-1-4-8-11)16-12-9-5-2-6-10-12;;/h1-10H,(H,13,14);2*1H4. The van der Waals surface area contributed by atoms with Crippen LogP contribution in [0.5, 0.6) is 11.5 Å². The number of hydrogen-bond acceptors (Lipinski definition) is 3. The zero-order valence-electron chi connectivity index (χ0n) is 8.89. The SMILES string of the molecule is C.C.O=P(O)(Oc1ccccc1)Oc1ccccc1. The minimum atomic E-state index is -4.14. The fourth-order valence-electron chi connectivity index (χ4n) is 1.25. The maximum absolute atomic E-state index is 11.7. The van der Waals surface area contributed by atoms with Gasteiger partial charge in [-0.05, 0) is 24.3 Å². The molecule has 5 heteroatoms. The Morgan fingerprint density at radius 3 is 1.37 bits per heavy atom. The highest BCUT2D eigenvalue weighted by molar-refractivity contribution is 7.48. The first-order valence-corrected chi connectivity index (χ1v) is 6.47. The molecule has 104 valence electrons. The van der Waals surface area contributed by atoms with Gasteiger partial charge in [-0.2, -0.15) is 0 Å². The van der Waals surface area contributed by atoms with Gasteiger partial charge >= 0.3 is 7.82 Å². The van der Waals surface area contributed by atoms with Crippen molar-refractivity contribution in [2.45, 2.75) is 14.9 Å². The van der Waals surface area contributed by atoms with Crippen molar-refractivity contribution >= 4 is 7.82 Å². The monoisotopic (exact) mass is 282 g/mol. The Kier molecular flexibility index (Phi) is 6.91. The Bertz CT molecular complexity index is 468. The Morgan fingerprint density at radius 2 is 1.05 bits per heavy atom. The topological polar surface area (TPSA) is 55.8 Å². The highest BCUT2D eigenvalue weighted by Gasteiger charge is 2.24. The lowest BCUT2D eigenvalue weighted by Crippen LogP contribution is -1.99. The highest BCUT2D eigenvalue weighted by Crippen LogP contribution is 2.43. The smallest absolute Gasteiger partial charge is 0.395 e. The summed E-state index contributed by atoms with van der Waals surface area (Å²) in [4.78, 5) is 9.53. The van der Waals surface area contributed by atoms with Gasteiger partial charge in [0, 0.05) is 0 Å². The lowest BCUT2D eigenvalue weighted by atomic mass is 10.3. The average molecular weight is 282 g/mol. The summed E-state index contributed by atoms with van der Waals surface area (Å²) in [6.45, 7) is 0. The third-order valence-electron chi connectivity index (χ3n) is 1.93. The van der Waals surface area contributed by atoms with Crippen molar-refractivity contribution in [2.75, 3.05) is 0 Å². The first-order valence-electron chi connectivity index (χ1n) is 4.98. The van der Waals surface area contributed by atoms with Crippen molar-refractivity contribution in [1.82, 2.24) is 0 Å². The Balaban J connectivity index is 0.00000162. The van der Waals surface area contributed by atoms with Gasteiger partial charge < -0.3 is 9.05 Å². The highest BCUT2D eigenvalue weighted by atomic mass is 31.2. The van der Waals surface area contributed by atoms with E-state index in [0.29, 0.717) is 0 Å². The third kappa shape index (κ3) is 5.60. The van der Waals surface area contributed by atoms with E-state index >= 15 is 0 Å². The van der Waals surface area contributed by atoms with Crippen LogP contribution in [0.15, 0.2) is 60.7 Å². The Morgan fingerprint density at radius 1 is 0.737 bits per heavy atom. The molecule has 1 N–H and O–H groups in total. The van der Waals surface area contributed by atoms with E-state index < -0.39 is 7.82 Å². The van der Waals surface area contributed by atoms with Gasteiger partial charge in [-0.1, -0.05) is 51.3 Å². The second-order valence-corrected chi connectivity index (χ2v) is 4.58. The second-order valence-electron chi connectivity index (χ2n) is 3.28. The van der Waals surface area contributed by atoms with Gasteiger partial charge in [-0.15, -0.1) is 0 Å². The van der Waals surface area contributed by atoms with Crippen molar-refractivity contribution in [3.05, 3.63) is 60.7 Å². The van der Waals surface area contributed by atoms with Crippen molar-refractivity contribution < 1.29 is 18.5 Å². The molecule has 0 aliphatic carbocycles.